The summed E-state index contributed by atoms with van der Waals surface area (Å²) in [6.07, 6.45) is 3.57. The van der Waals surface area contributed by atoms with E-state index in [-0.39, 0.29) is 29.6 Å². The van der Waals surface area contributed by atoms with Crippen LogP contribution in [0.5, 0.6) is 0 Å². The minimum Gasteiger partial charge on any atom is -0.462 e. The average molecular weight is 338 g/mol. The lowest BCUT2D eigenvalue weighted by Crippen LogP contribution is -2.40. The van der Waals surface area contributed by atoms with Gasteiger partial charge in [-0.1, -0.05) is 18.7 Å². The molecular formula is C15H22N4O3S. The average Bonchev–Trinajstić information content (AvgIpc) is 2.52. The van der Waals surface area contributed by atoms with E-state index in [9.17, 15) is 9.59 Å². The zero-order valence-electron chi connectivity index (χ0n) is 13.4. The molecule has 1 aliphatic heterocycles. The zero-order chi connectivity index (χ0) is 16.8. The maximum Gasteiger partial charge on any atom is 0.343 e. The summed E-state index contributed by atoms with van der Waals surface area (Å²) in [7, 11) is 0. The van der Waals surface area contributed by atoms with Crippen LogP contribution in [0, 0.1) is 5.92 Å². The van der Waals surface area contributed by atoms with Crippen molar-refractivity contribution in [1.29, 1.82) is 0 Å². The normalized spacial score (nSPS) is 17.8. The molecule has 1 amide bonds. The monoisotopic (exact) mass is 338 g/mol. The van der Waals surface area contributed by atoms with Crippen LogP contribution >= 0.6 is 11.8 Å². The fraction of sp³-hybridized carbons (Fsp3) is 0.600. The molecule has 0 aliphatic carbocycles. The third kappa shape index (κ3) is 4.82. The molecular weight excluding hydrogens is 316 g/mol. The molecule has 1 aromatic heterocycles. The van der Waals surface area contributed by atoms with Crippen molar-refractivity contribution >= 4 is 29.5 Å². The van der Waals surface area contributed by atoms with Gasteiger partial charge in [-0.2, -0.15) is 0 Å². The second kappa shape index (κ2) is 8.14. The number of ether oxygens (including phenoxy) is 1. The molecule has 0 saturated carbocycles. The highest BCUT2D eigenvalue weighted by molar-refractivity contribution is 7.99. The SMILES string of the molecule is CCOC(=O)c1cnc(SCC(=O)N2CCC[C@@H](C)C2)nc1N. The van der Waals surface area contributed by atoms with Gasteiger partial charge in [-0.15, -0.1) is 0 Å². The second-order valence-electron chi connectivity index (χ2n) is 5.55. The molecule has 0 aromatic carbocycles. The molecule has 1 atom stereocenters. The summed E-state index contributed by atoms with van der Waals surface area (Å²) < 4.78 is 4.87. The third-order valence-corrected chi connectivity index (χ3v) is 4.47. The van der Waals surface area contributed by atoms with Gasteiger partial charge in [0.1, 0.15) is 11.4 Å². The number of nitrogens with two attached hydrogens (primary N) is 1. The molecule has 1 fully saturated rings. The van der Waals surface area contributed by atoms with Gasteiger partial charge in [-0.05, 0) is 25.7 Å². The first-order valence-corrected chi connectivity index (χ1v) is 8.70. The van der Waals surface area contributed by atoms with Crippen LogP contribution < -0.4 is 5.73 Å². The number of piperidine rings is 1. The van der Waals surface area contributed by atoms with Gasteiger partial charge in [0.25, 0.3) is 0 Å². The second-order valence-corrected chi connectivity index (χ2v) is 6.49. The highest BCUT2D eigenvalue weighted by atomic mass is 32.2. The van der Waals surface area contributed by atoms with E-state index < -0.39 is 5.97 Å². The first-order valence-electron chi connectivity index (χ1n) is 7.71. The van der Waals surface area contributed by atoms with Gasteiger partial charge in [0, 0.05) is 19.3 Å². The minimum absolute atomic E-state index is 0.0694. The van der Waals surface area contributed by atoms with Gasteiger partial charge in [0.2, 0.25) is 5.91 Å². The lowest BCUT2D eigenvalue weighted by Gasteiger charge is -2.30. The van der Waals surface area contributed by atoms with Crippen molar-refractivity contribution in [3.05, 3.63) is 11.8 Å². The van der Waals surface area contributed by atoms with E-state index >= 15 is 0 Å². The first-order chi connectivity index (χ1) is 11.0. The quantitative estimate of drug-likeness (QED) is 0.494. The summed E-state index contributed by atoms with van der Waals surface area (Å²) in [5, 5.41) is 0.383. The molecule has 0 bridgehead atoms. The summed E-state index contributed by atoms with van der Waals surface area (Å²) in [6, 6.07) is 0. The van der Waals surface area contributed by atoms with Gasteiger partial charge >= 0.3 is 5.97 Å². The van der Waals surface area contributed by atoms with Crippen molar-refractivity contribution in [2.75, 3.05) is 31.2 Å². The van der Waals surface area contributed by atoms with Gasteiger partial charge in [-0.25, -0.2) is 14.8 Å². The molecule has 1 aliphatic rings. The number of hydrogen-bond donors (Lipinski definition) is 1. The van der Waals surface area contributed by atoms with Crippen LogP contribution in [0.15, 0.2) is 11.4 Å². The van der Waals surface area contributed by atoms with Gasteiger partial charge in [0.05, 0.1) is 12.4 Å². The van der Waals surface area contributed by atoms with E-state index in [1.54, 1.807) is 6.92 Å². The highest BCUT2D eigenvalue weighted by Gasteiger charge is 2.21. The van der Waals surface area contributed by atoms with Crippen LogP contribution in [0.25, 0.3) is 0 Å². The number of nitrogen functional groups attached to an aromatic ring is 1. The molecule has 2 heterocycles. The highest BCUT2D eigenvalue weighted by Crippen LogP contribution is 2.20. The molecule has 0 unspecified atom stereocenters. The Morgan fingerprint density at radius 2 is 2.30 bits per heavy atom. The van der Waals surface area contributed by atoms with Crippen molar-refractivity contribution in [2.24, 2.45) is 5.92 Å². The fourth-order valence-corrected chi connectivity index (χ4v) is 3.17. The molecule has 1 aromatic rings. The van der Waals surface area contributed by atoms with Crippen LogP contribution in [0.1, 0.15) is 37.0 Å². The first kappa shape index (κ1) is 17.5. The Hall–Kier alpha value is -1.83. The van der Waals surface area contributed by atoms with E-state index in [0.29, 0.717) is 11.1 Å². The fourth-order valence-electron chi connectivity index (χ4n) is 2.45. The number of anilines is 1. The van der Waals surface area contributed by atoms with Crippen molar-refractivity contribution in [2.45, 2.75) is 31.8 Å². The maximum atomic E-state index is 12.2. The molecule has 23 heavy (non-hydrogen) atoms. The smallest absolute Gasteiger partial charge is 0.343 e. The number of esters is 1. The number of thioether (sulfide) groups is 1. The van der Waals surface area contributed by atoms with E-state index in [4.69, 9.17) is 10.5 Å². The molecule has 2 rings (SSSR count). The van der Waals surface area contributed by atoms with E-state index in [1.807, 2.05) is 4.90 Å². The molecule has 8 heteroatoms. The van der Waals surface area contributed by atoms with Crippen LogP contribution in [0.3, 0.4) is 0 Å². The largest absolute Gasteiger partial charge is 0.462 e. The van der Waals surface area contributed by atoms with Gasteiger partial charge in [-0.3, -0.25) is 4.79 Å². The zero-order valence-corrected chi connectivity index (χ0v) is 14.3. The number of hydrogen-bond acceptors (Lipinski definition) is 7. The molecule has 2 N–H and O–H groups in total. The van der Waals surface area contributed by atoms with Gasteiger partial charge in [0.15, 0.2) is 5.16 Å². The number of amides is 1. The molecule has 1 saturated heterocycles. The Balaban J connectivity index is 1.92. The van der Waals surface area contributed by atoms with E-state index in [2.05, 4.69) is 16.9 Å². The topological polar surface area (TPSA) is 98.4 Å². The molecule has 126 valence electrons. The van der Waals surface area contributed by atoms with Gasteiger partial charge < -0.3 is 15.4 Å². The third-order valence-electron chi connectivity index (χ3n) is 3.63. The lowest BCUT2D eigenvalue weighted by molar-refractivity contribution is -0.130. The Kier molecular flexibility index (Phi) is 6.20. The standard InChI is InChI=1S/C15H22N4O3S/c1-3-22-14(21)11-7-17-15(18-13(11)16)23-9-12(20)19-6-4-5-10(2)8-19/h7,10H,3-6,8-9H2,1-2H3,(H2,16,17,18)/t10-/m1/s1. The molecule has 0 radical (unpaired) electrons. The number of nitrogens with zero attached hydrogens (tertiary/aromatic N) is 3. The number of likely N-dealkylation sites (tertiary alicyclic amines) is 1. The Bertz CT molecular complexity index is 582. The molecule has 7 nitrogen and oxygen atoms in total. The summed E-state index contributed by atoms with van der Waals surface area (Å²) in [6.45, 7) is 5.76. The Morgan fingerprint density at radius 3 is 2.96 bits per heavy atom. The summed E-state index contributed by atoms with van der Waals surface area (Å²) in [4.78, 5) is 33.9. The molecule has 0 spiro atoms. The summed E-state index contributed by atoms with van der Waals surface area (Å²) in [5.74, 6) is 0.428. The van der Waals surface area contributed by atoms with E-state index in [1.165, 1.54) is 24.4 Å². The predicted octanol–water partition coefficient (Wildman–Crippen LogP) is 1.59. The maximum absolute atomic E-state index is 12.2. The van der Waals surface area contributed by atoms with Crippen molar-refractivity contribution in [1.82, 2.24) is 14.9 Å². The van der Waals surface area contributed by atoms with Crippen LogP contribution in [0.4, 0.5) is 5.82 Å². The number of aromatic nitrogens is 2. The number of carbonyl (C=O) groups excluding carboxylic acids is 2. The summed E-state index contributed by atoms with van der Waals surface area (Å²) in [5.41, 5.74) is 5.91. The Labute approximate surface area is 140 Å². The minimum atomic E-state index is -0.542. The lowest BCUT2D eigenvalue weighted by atomic mass is 10.0. The van der Waals surface area contributed by atoms with Crippen LogP contribution in [-0.2, 0) is 9.53 Å². The Morgan fingerprint density at radius 1 is 1.52 bits per heavy atom. The van der Waals surface area contributed by atoms with Crippen molar-refractivity contribution in [3.63, 3.8) is 0 Å². The van der Waals surface area contributed by atoms with Crippen LogP contribution in [0.2, 0.25) is 0 Å². The number of rotatable bonds is 5. The van der Waals surface area contributed by atoms with Crippen LogP contribution in [-0.4, -0.2) is 52.2 Å². The number of carbonyl (C=O) groups is 2. The van der Waals surface area contributed by atoms with E-state index in [0.717, 1.165) is 19.5 Å². The predicted molar refractivity (Wildman–Crippen MR) is 88.1 cm³/mol. The summed E-state index contributed by atoms with van der Waals surface area (Å²) >= 11 is 1.23. The van der Waals surface area contributed by atoms with Crippen molar-refractivity contribution < 1.29 is 14.3 Å². The van der Waals surface area contributed by atoms with Crippen molar-refractivity contribution in [3.8, 4) is 0 Å².